The van der Waals surface area contributed by atoms with Gasteiger partial charge in [0.2, 0.25) is 0 Å². The van der Waals surface area contributed by atoms with Gasteiger partial charge in [-0.3, -0.25) is 4.79 Å². The molecule has 0 heterocycles. The molecule has 0 spiro atoms. The predicted molar refractivity (Wildman–Crippen MR) is 170 cm³/mol. The quantitative estimate of drug-likeness (QED) is 0.268. The highest BCUT2D eigenvalue weighted by Crippen LogP contribution is 2.70. The Bertz CT molecular complexity index is 1650. The Hall–Kier alpha value is -3.50. The van der Waals surface area contributed by atoms with Crippen molar-refractivity contribution in [3.63, 3.8) is 0 Å². The van der Waals surface area contributed by atoms with E-state index in [4.69, 9.17) is 11.6 Å². The highest BCUT2D eigenvalue weighted by molar-refractivity contribution is 6.30. The van der Waals surface area contributed by atoms with Gasteiger partial charge in [-0.15, -0.1) is 0 Å². The molecule has 3 N–H and O–H groups in total. The molecule has 0 aliphatic heterocycles. The highest BCUT2D eigenvalue weighted by atomic mass is 35.5. The summed E-state index contributed by atoms with van der Waals surface area (Å²) in [6, 6.07) is 13.7. The van der Waals surface area contributed by atoms with Crippen molar-refractivity contribution in [2.75, 3.05) is 11.9 Å². The van der Waals surface area contributed by atoms with Crippen molar-refractivity contribution in [3.05, 3.63) is 93.6 Å². The van der Waals surface area contributed by atoms with Crippen LogP contribution in [-0.2, 0) is 4.79 Å². The van der Waals surface area contributed by atoms with E-state index in [2.05, 4.69) is 10.6 Å². The molecule has 0 saturated heterocycles. The van der Waals surface area contributed by atoms with Crippen molar-refractivity contribution in [2.45, 2.75) is 75.5 Å². The van der Waals surface area contributed by atoms with Crippen LogP contribution in [0.2, 0.25) is 5.02 Å². The Balaban J connectivity index is 1.26. The Morgan fingerprint density at radius 2 is 1.72 bits per heavy atom. The third-order valence-electron chi connectivity index (χ3n) is 10.9. The zero-order chi connectivity index (χ0) is 33.8. The maximum atomic E-state index is 15.2. The maximum Gasteiger partial charge on any atom is 0.456 e. The average Bonchev–Trinajstić information content (AvgIpc) is 3.31. The fraction of sp³-hybridized carbons (Fsp3) is 0.444. The summed E-state index contributed by atoms with van der Waals surface area (Å²) in [5, 5.41) is 17.4. The van der Waals surface area contributed by atoms with Gasteiger partial charge in [-0.1, -0.05) is 60.5 Å². The summed E-state index contributed by atoms with van der Waals surface area (Å²) in [4.78, 5) is 24.5. The van der Waals surface area contributed by atoms with Gasteiger partial charge in [-0.05, 0) is 103 Å². The van der Waals surface area contributed by atoms with Crippen LogP contribution in [0.4, 0.5) is 32.4 Å². The average molecular weight is 675 g/mol. The van der Waals surface area contributed by atoms with Crippen LogP contribution < -0.4 is 10.6 Å². The van der Waals surface area contributed by atoms with Crippen molar-refractivity contribution >= 4 is 35.2 Å². The molecule has 5 nitrogen and oxygen atoms in total. The minimum atomic E-state index is -5.89. The van der Waals surface area contributed by atoms with Gasteiger partial charge in [0.05, 0.1) is 0 Å². The molecule has 0 bridgehead atoms. The van der Waals surface area contributed by atoms with E-state index in [1.165, 1.54) is 6.92 Å². The van der Waals surface area contributed by atoms with Crippen molar-refractivity contribution in [1.29, 1.82) is 0 Å². The Labute approximate surface area is 275 Å². The molecule has 5 atom stereocenters. The molecule has 0 aromatic heterocycles. The molecule has 2 aromatic carbocycles. The molecule has 0 unspecified atom stereocenters. The number of fused-ring (bicyclic) bond motifs is 4. The molecule has 2 saturated carbocycles. The Kier molecular flexibility index (Phi) is 8.66. The number of hydrogen-bond acceptors (Lipinski definition) is 3. The number of rotatable bonds is 6. The van der Waals surface area contributed by atoms with E-state index in [1.807, 2.05) is 30.3 Å². The van der Waals surface area contributed by atoms with E-state index < -0.39 is 47.4 Å². The van der Waals surface area contributed by atoms with Gasteiger partial charge in [0.25, 0.3) is 0 Å². The number of aliphatic hydroxyl groups is 1. The maximum absolute atomic E-state index is 15.2. The Morgan fingerprint density at radius 3 is 2.40 bits per heavy atom. The molecule has 2 amide bonds. The second-order valence-corrected chi connectivity index (χ2v) is 13.8. The number of allylic oxidation sites excluding steroid dienone is 4. The topological polar surface area (TPSA) is 78.4 Å². The SMILES string of the molecule is C[C@]12C[C@H](c3ccc(/C=C/CNC(=O)Nc4ccc(Cl)cc4)cc3)C3=C4CCC(=O)C=C4CC[C@H]3[C@@H]1CC[C@@]2(O)C(F)(F)C(F)(F)F. The van der Waals surface area contributed by atoms with Crippen LogP contribution in [0.1, 0.15) is 68.9 Å². The van der Waals surface area contributed by atoms with Gasteiger partial charge in [-0.2, -0.15) is 22.0 Å². The first-order chi connectivity index (χ1) is 22.1. The van der Waals surface area contributed by atoms with Crippen LogP contribution in [0.25, 0.3) is 6.08 Å². The minimum Gasteiger partial charge on any atom is -0.383 e. The first-order valence-electron chi connectivity index (χ1n) is 15.9. The predicted octanol–water partition coefficient (Wildman–Crippen LogP) is 9.00. The number of alkyl halides is 5. The smallest absolute Gasteiger partial charge is 0.383 e. The van der Waals surface area contributed by atoms with Gasteiger partial charge < -0.3 is 15.7 Å². The van der Waals surface area contributed by atoms with Gasteiger partial charge in [0.15, 0.2) is 5.78 Å². The number of amides is 2. The minimum absolute atomic E-state index is 0.0353. The van der Waals surface area contributed by atoms with Crippen molar-refractivity contribution < 1.29 is 36.6 Å². The second kappa shape index (κ2) is 12.2. The van der Waals surface area contributed by atoms with Crippen LogP contribution in [0, 0.1) is 17.3 Å². The van der Waals surface area contributed by atoms with E-state index in [-0.39, 0.29) is 31.1 Å². The third kappa shape index (κ3) is 5.81. The summed E-state index contributed by atoms with van der Waals surface area (Å²) in [5.41, 5.74) is 0.190. The van der Waals surface area contributed by atoms with Crippen LogP contribution in [0.15, 0.2) is 77.4 Å². The molecule has 2 fully saturated rings. The normalized spacial score (nSPS) is 29.2. The number of carbonyl (C=O) groups excluding carboxylic acids is 2. The summed E-state index contributed by atoms with van der Waals surface area (Å²) in [6.07, 6.45) is 0.629. The first-order valence-corrected chi connectivity index (χ1v) is 16.2. The van der Waals surface area contributed by atoms with Crippen LogP contribution >= 0.6 is 11.6 Å². The van der Waals surface area contributed by atoms with Crippen molar-refractivity contribution in [3.8, 4) is 0 Å². The van der Waals surface area contributed by atoms with Crippen LogP contribution in [-0.4, -0.2) is 41.2 Å². The lowest BCUT2D eigenvalue weighted by Gasteiger charge is -2.56. The lowest BCUT2D eigenvalue weighted by Crippen LogP contribution is -2.65. The van der Waals surface area contributed by atoms with Crippen molar-refractivity contribution in [2.24, 2.45) is 17.3 Å². The number of urea groups is 1. The molecule has 6 rings (SSSR count). The summed E-state index contributed by atoms with van der Waals surface area (Å²) in [6.45, 7) is 1.66. The number of nitrogens with one attached hydrogen (secondary N) is 2. The van der Waals surface area contributed by atoms with E-state index in [9.17, 15) is 27.9 Å². The van der Waals surface area contributed by atoms with Crippen molar-refractivity contribution in [1.82, 2.24) is 5.32 Å². The second-order valence-electron chi connectivity index (χ2n) is 13.4. The zero-order valence-electron chi connectivity index (χ0n) is 25.8. The van der Waals surface area contributed by atoms with Crippen LogP contribution in [0.5, 0.6) is 0 Å². The molecule has 11 heteroatoms. The molecule has 4 aliphatic carbocycles. The number of benzene rings is 2. The summed E-state index contributed by atoms with van der Waals surface area (Å²) in [7, 11) is 0. The molecular weight excluding hydrogens is 639 g/mol. The van der Waals surface area contributed by atoms with Gasteiger partial charge in [-0.25, -0.2) is 4.79 Å². The summed E-state index contributed by atoms with van der Waals surface area (Å²) < 4.78 is 71.8. The lowest BCUT2D eigenvalue weighted by molar-refractivity contribution is -0.362. The van der Waals surface area contributed by atoms with Gasteiger partial charge >= 0.3 is 18.1 Å². The Morgan fingerprint density at radius 1 is 1.02 bits per heavy atom. The van der Waals surface area contributed by atoms with Gasteiger partial charge in [0, 0.05) is 35.0 Å². The molecular formula is C36H36ClF5N2O3. The third-order valence-corrected chi connectivity index (χ3v) is 11.1. The number of anilines is 1. The van der Waals surface area contributed by atoms with E-state index in [0.29, 0.717) is 36.4 Å². The molecule has 0 radical (unpaired) electrons. The van der Waals surface area contributed by atoms with E-state index in [1.54, 1.807) is 36.4 Å². The number of ketones is 1. The molecule has 250 valence electrons. The standard InChI is InChI=1S/C36H36ClF5N2O3/c1-33-20-29(22-6-4-21(5-7-22)3-2-18-43-32(46)44-25-11-9-24(37)10-12-25)31-27-15-13-26(45)19-23(27)8-14-28(31)30(33)16-17-34(33,47)35(38,39)36(40,41)42/h2-7,9-12,19,28-30,47H,8,13-18,20H2,1H3,(H2,43,44,46)/b3-2+/t28-,29+,30-,33-,34-/m0/s1. The number of carbonyl (C=O) groups is 2. The summed E-state index contributed by atoms with van der Waals surface area (Å²) >= 11 is 5.87. The zero-order valence-corrected chi connectivity index (χ0v) is 26.5. The van der Waals surface area contributed by atoms with E-state index >= 15 is 8.78 Å². The number of hydrogen-bond donors (Lipinski definition) is 3. The fourth-order valence-electron chi connectivity index (χ4n) is 8.61. The van der Waals surface area contributed by atoms with Crippen LogP contribution in [0.3, 0.4) is 0 Å². The van der Waals surface area contributed by atoms with E-state index in [0.717, 1.165) is 27.8 Å². The first kappa shape index (κ1) is 33.4. The molecule has 2 aromatic rings. The summed E-state index contributed by atoms with van der Waals surface area (Å²) in [5.74, 6) is -6.57. The molecule has 4 aliphatic rings. The monoisotopic (exact) mass is 674 g/mol. The van der Waals surface area contributed by atoms with Gasteiger partial charge in [0.1, 0.15) is 5.60 Å². The number of halogens is 6. The molecule has 47 heavy (non-hydrogen) atoms. The largest absolute Gasteiger partial charge is 0.456 e. The highest BCUT2D eigenvalue weighted by Gasteiger charge is 2.79. The fourth-order valence-corrected chi connectivity index (χ4v) is 8.73. The lowest BCUT2D eigenvalue weighted by atomic mass is 9.50.